The Kier molecular flexibility index (Phi) is 5.96. The smallest absolute Gasteiger partial charge is 0.128 e. The molecule has 0 bridgehead atoms. The van der Waals surface area contributed by atoms with Crippen LogP contribution in [0.2, 0.25) is 0 Å². The third-order valence-electron chi connectivity index (χ3n) is 7.69. The largest absolute Gasteiger partial charge is 0.307 e. The molecule has 7 rings (SSSR count). The maximum Gasteiger partial charge on any atom is 0.128 e. The van der Waals surface area contributed by atoms with E-state index in [0.29, 0.717) is 0 Å². The van der Waals surface area contributed by atoms with E-state index in [1.807, 2.05) is 88.8 Å². The Bertz CT molecular complexity index is 1840. The molecule has 0 spiro atoms. The number of hydrazone groups is 1. The van der Waals surface area contributed by atoms with Gasteiger partial charge >= 0.3 is 0 Å². The summed E-state index contributed by atoms with van der Waals surface area (Å²) in [5.41, 5.74) is 9.58. The minimum atomic E-state index is -2.47. The van der Waals surface area contributed by atoms with Crippen LogP contribution in [0.5, 0.6) is 0 Å². The van der Waals surface area contributed by atoms with E-state index >= 15 is 0 Å². The fraction of sp³-hybridized carbons (Fsp3) is 0.0513. The van der Waals surface area contributed by atoms with Crippen molar-refractivity contribution in [2.75, 3.05) is 16.6 Å². The van der Waals surface area contributed by atoms with Gasteiger partial charge in [0.15, 0.2) is 0 Å². The van der Waals surface area contributed by atoms with E-state index < -0.39 is 6.85 Å². The van der Waals surface area contributed by atoms with Gasteiger partial charge in [-0.3, -0.25) is 0 Å². The number of para-hydroxylation sites is 2. The normalized spacial score (nSPS) is 14.2. The van der Waals surface area contributed by atoms with Gasteiger partial charge in [0, 0.05) is 26.4 Å². The molecule has 202 valence electrons. The molecule has 3 nitrogen and oxygen atoms in total. The van der Waals surface area contributed by atoms with Crippen LogP contribution in [-0.2, 0) is 0 Å². The van der Waals surface area contributed by atoms with Gasteiger partial charge in [0.2, 0.25) is 0 Å². The van der Waals surface area contributed by atoms with E-state index in [9.17, 15) is 0 Å². The molecule has 0 saturated heterocycles. The summed E-state index contributed by atoms with van der Waals surface area (Å²) in [5, 5.41) is 6.81. The molecule has 0 atom stereocenters. The van der Waals surface area contributed by atoms with Crippen LogP contribution in [0, 0.1) is 0 Å². The molecule has 1 aliphatic rings. The van der Waals surface area contributed by atoms with Crippen LogP contribution in [0.15, 0.2) is 163 Å². The van der Waals surface area contributed by atoms with Gasteiger partial charge in [-0.05, 0) is 29.1 Å². The number of nitrogens with zero attached hydrogens (tertiary/aromatic N) is 3. The second-order valence-electron chi connectivity index (χ2n) is 10.3. The lowest BCUT2D eigenvalue weighted by Gasteiger charge is -2.28. The lowest BCUT2D eigenvalue weighted by molar-refractivity contribution is 0.915. The third-order valence-corrected chi connectivity index (χ3v) is 7.69. The van der Waals surface area contributed by atoms with Gasteiger partial charge < -0.3 is 4.90 Å². The van der Waals surface area contributed by atoms with Crippen molar-refractivity contribution in [1.82, 2.24) is 0 Å². The molecule has 0 amide bonds. The fourth-order valence-corrected chi connectivity index (χ4v) is 5.76. The van der Waals surface area contributed by atoms with E-state index in [0.717, 1.165) is 55.9 Å². The number of rotatable bonds is 6. The summed E-state index contributed by atoms with van der Waals surface area (Å²) >= 11 is 0. The molecule has 1 aliphatic heterocycles. The van der Waals surface area contributed by atoms with E-state index in [2.05, 4.69) is 78.9 Å². The minimum Gasteiger partial charge on any atom is -0.307 e. The Balaban J connectivity index is 1.46. The topological polar surface area (TPSA) is 18.8 Å². The van der Waals surface area contributed by atoms with Crippen molar-refractivity contribution < 1.29 is 4.11 Å². The second-order valence-corrected chi connectivity index (χ2v) is 10.3. The number of benzene rings is 6. The molecule has 6 aromatic rings. The molecule has 0 aliphatic carbocycles. The van der Waals surface area contributed by atoms with Crippen LogP contribution in [0.4, 0.5) is 11.4 Å². The maximum atomic E-state index is 8.68. The zero-order valence-electron chi connectivity index (χ0n) is 26.1. The summed E-state index contributed by atoms with van der Waals surface area (Å²) in [6.07, 6.45) is 0. The summed E-state index contributed by atoms with van der Waals surface area (Å²) < 4.78 is 26.0. The van der Waals surface area contributed by atoms with Gasteiger partial charge in [-0.2, -0.15) is 5.10 Å². The molecule has 0 N–H and O–H groups in total. The summed E-state index contributed by atoms with van der Waals surface area (Å²) in [5.74, 6) is 0.0324. The second kappa shape index (κ2) is 11.2. The summed E-state index contributed by atoms with van der Waals surface area (Å²) in [4.78, 5) is 1.88. The zero-order chi connectivity index (χ0) is 30.8. The van der Waals surface area contributed by atoms with Gasteiger partial charge in [0.25, 0.3) is 0 Å². The van der Waals surface area contributed by atoms with Gasteiger partial charge in [0.1, 0.15) is 12.5 Å². The van der Waals surface area contributed by atoms with Gasteiger partial charge in [-0.15, -0.1) is 0 Å². The fourth-order valence-electron chi connectivity index (χ4n) is 5.76. The predicted molar refractivity (Wildman–Crippen MR) is 178 cm³/mol. The highest BCUT2D eigenvalue weighted by molar-refractivity contribution is 6.07. The van der Waals surface area contributed by atoms with Gasteiger partial charge in [-0.1, -0.05) is 158 Å². The number of hydrogen-bond donors (Lipinski definition) is 0. The Labute approximate surface area is 251 Å². The van der Waals surface area contributed by atoms with Crippen molar-refractivity contribution >= 4 is 17.2 Å². The standard InChI is InChI=1S/C39H31N3/c1-29-40-42(39-36(32-20-10-4-11-21-32)26-15-27-37(39)33-22-12-5-13-23-33)28-41(29)38-34(30-16-6-2-7-17-30)24-14-25-35(38)31-18-8-3-9-19-31/h2-27H,28H2,1H3/i1D3. The van der Waals surface area contributed by atoms with Crippen molar-refractivity contribution in [3.8, 4) is 44.5 Å². The molecule has 3 heteroatoms. The molecule has 6 aromatic carbocycles. The lowest BCUT2D eigenvalue weighted by atomic mass is 9.95. The van der Waals surface area contributed by atoms with Crippen LogP contribution in [-0.4, -0.2) is 12.5 Å². The average molecular weight is 545 g/mol. The molecule has 42 heavy (non-hydrogen) atoms. The van der Waals surface area contributed by atoms with Crippen LogP contribution in [0.3, 0.4) is 0 Å². The van der Waals surface area contributed by atoms with Crippen molar-refractivity contribution in [1.29, 1.82) is 0 Å². The first-order valence-corrected chi connectivity index (χ1v) is 14.1. The Morgan fingerprint density at radius 1 is 0.452 bits per heavy atom. The maximum absolute atomic E-state index is 8.68. The molecule has 0 saturated carbocycles. The Morgan fingerprint density at radius 3 is 1.17 bits per heavy atom. The molecule has 0 aromatic heterocycles. The van der Waals surface area contributed by atoms with Crippen LogP contribution in [0.25, 0.3) is 44.5 Å². The third kappa shape index (κ3) is 4.76. The highest BCUT2D eigenvalue weighted by atomic mass is 15.6. The van der Waals surface area contributed by atoms with Crippen LogP contribution in [0.1, 0.15) is 11.0 Å². The number of anilines is 2. The summed E-state index contributed by atoms with van der Waals surface area (Å²) in [7, 11) is 0. The molecular formula is C39H31N3. The van der Waals surface area contributed by atoms with E-state index in [1.165, 1.54) is 0 Å². The van der Waals surface area contributed by atoms with Crippen molar-refractivity contribution in [3.63, 3.8) is 0 Å². The average Bonchev–Trinajstić information content (AvgIpc) is 3.55. The van der Waals surface area contributed by atoms with Crippen molar-refractivity contribution in [2.45, 2.75) is 6.85 Å². The highest BCUT2D eigenvalue weighted by Crippen LogP contribution is 2.44. The molecule has 1 heterocycles. The lowest BCUT2D eigenvalue weighted by Crippen LogP contribution is -2.31. The van der Waals surface area contributed by atoms with E-state index in [-0.39, 0.29) is 12.5 Å². The minimum absolute atomic E-state index is 0.0324. The highest BCUT2D eigenvalue weighted by Gasteiger charge is 2.30. The SMILES string of the molecule is [2H]C([2H])([2H])C1=NN(c2c(-c3ccccc3)cccc2-c2ccccc2)CN1c1c(-c2ccccc2)cccc1-c1ccccc1. The van der Waals surface area contributed by atoms with Gasteiger partial charge in [-0.25, -0.2) is 5.01 Å². The molecule has 0 fully saturated rings. The quantitative estimate of drug-likeness (QED) is 0.208. The van der Waals surface area contributed by atoms with E-state index in [4.69, 9.17) is 9.21 Å². The summed E-state index contributed by atoms with van der Waals surface area (Å²) in [6.45, 7) is -2.25. The van der Waals surface area contributed by atoms with Crippen LogP contribution >= 0.6 is 0 Å². The van der Waals surface area contributed by atoms with E-state index in [1.54, 1.807) is 0 Å². The first-order chi connectivity index (χ1) is 22.0. The molecular weight excluding hydrogens is 510 g/mol. The molecule has 0 radical (unpaired) electrons. The predicted octanol–water partition coefficient (Wildman–Crippen LogP) is 9.97. The van der Waals surface area contributed by atoms with Crippen molar-refractivity contribution in [2.24, 2.45) is 5.10 Å². The van der Waals surface area contributed by atoms with Gasteiger partial charge in [0.05, 0.1) is 11.4 Å². The number of amidine groups is 1. The van der Waals surface area contributed by atoms with Crippen molar-refractivity contribution in [3.05, 3.63) is 158 Å². The molecule has 0 unspecified atom stereocenters. The Hall–Kier alpha value is -5.41. The first kappa shape index (κ1) is 22.3. The monoisotopic (exact) mass is 544 g/mol. The Morgan fingerprint density at radius 2 is 0.810 bits per heavy atom. The number of hydrogen-bond acceptors (Lipinski definition) is 3. The van der Waals surface area contributed by atoms with Crippen LogP contribution < -0.4 is 9.91 Å². The first-order valence-electron chi connectivity index (χ1n) is 15.6. The summed E-state index contributed by atoms with van der Waals surface area (Å²) in [6, 6.07) is 53.0. The zero-order valence-corrected chi connectivity index (χ0v) is 23.1.